The normalized spacial score (nSPS) is 13.0. The Hall–Kier alpha value is -3.69. The number of aryl methyl sites for hydroxylation is 1. The summed E-state index contributed by atoms with van der Waals surface area (Å²) < 4.78 is 5.03. The van der Waals surface area contributed by atoms with E-state index in [0.29, 0.717) is 17.3 Å². The van der Waals surface area contributed by atoms with E-state index in [1.54, 1.807) is 19.9 Å². The molecule has 0 aliphatic heterocycles. The van der Waals surface area contributed by atoms with Gasteiger partial charge in [-0.2, -0.15) is 0 Å². The first-order chi connectivity index (χ1) is 13.4. The summed E-state index contributed by atoms with van der Waals surface area (Å²) in [5.74, 6) is 6.96. The van der Waals surface area contributed by atoms with Crippen LogP contribution >= 0.6 is 0 Å². The Morgan fingerprint density at radius 2 is 1.89 bits per heavy atom. The lowest BCUT2D eigenvalue weighted by Gasteiger charge is -2.11. The zero-order chi connectivity index (χ0) is 19.7. The summed E-state index contributed by atoms with van der Waals surface area (Å²) >= 11 is 0. The van der Waals surface area contributed by atoms with Crippen LogP contribution in [0.25, 0.3) is 22.0 Å². The minimum absolute atomic E-state index is 0.388. The Morgan fingerprint density at radius 1 is 1.07 bits per heavy atom. The largest absolute Gasteiger partial charge is 0.383 e. The SMILES string of the molecule is Cc1cc([C@](C)(O)C#Cc2cccc(-c3ccc4ncnc(N)c4c3)c2)no1. The second-order valence-electron chi connectivity index (χ2n) is 6.72. The molecular formula is C22H18N4O2. The molecule has 3 N–H and O–H groups in total. The van der Waals surface area contributed by atoms with E-state index < -0.39 is 5.60 Å². The van der Waals surface area contributed by atoms with Crippen molar-refractivity contribution >= 4 is 16.7 Å². The number of aromatic nitrogens is 3. The molecule has 0 aliphatic rings. The number of nitrogens with zero attached hydrogens (tertiary/aromatic N) is 3. The average Bonchev–Trinajstić information content (AvgIpc) is 3.14. The Bertz CT molecular complexity index is 1230. The molecule has 0 radical (unpaired) electrons. The van der Waals surface area contributed by atoms with E-state index in [1.165, 1.54) is 6.33 Å². The number of rotatable bonds is 2. The first-order valence-corrected chi connectivity index (χ1v) is 8.72. The van der Waals surface area contributed by atoms with Crippen molar-refractivity contribution in [3.63, 3.8) is 0 Å². The van der Waals surface area contributed by atoms with E-state index in [2.05, 4.69) is 27.0 Å². The molecule has 0 bridgehead atoms. The van der Waals surface area contributed by atoms with Crippen LogP contribution in [0.2, 0.25) is 0 Å². The fraction of sp³-hybridized carbons (Fsp3) is 0.136. The molecule has 0 fully saturated rings. The minimum Gasteiger partial charge on any atom is -0.383 e. The lowest BCUT2D eigenvalue weighted by Crippen LogP contribution is -2.18. The third-order valence-corrected chi connectivity index (χ3v) is 4.44. The third-order valence-electron chi connectivity index (χ3n) is 4.44. The van der Waals surface area contributed by atoms with Gasteiger partial charge in [-0.3, -0.25) is 0 Å². The molecule has 0 spiro atoms. The minimum atomic E-state index is -1.40. The summed E-state index contributed by atoms with van der Waals surface area (Å²) in [5, 5.41) is 15.2. The predicted molar refractivity (Wildman–Crippen MR) is 107 cm³/mol. The van der Waals surface area contributed by atoms with Crippen molar-refractivity contribution in [3.8, 4) is 23.0 Å². The van der Waals surface area contributed by atoms with Gasteiger partial charge < -0.3 is 15.4 Å². The molecule has 0 aliphatic carbocycles. The summed E-state index contributed by atoms with van der Waals surface area (Å²) in [5.41, 5.74) is 8.49. The van der Waals surface area contributed by atoms with Crippen LogP contribution in [0.15, 0.2) is 59.4 Å². The highest BCUT2D eigenvalue weighted by Crippen LogP contribution is 2.26. The van der Waals surface area contributed by atoms with E-state index in [9.17, 15) is 5.11 Å². The highest BCUT2D eigenvalue weighted by Gasteiger charge is 2.24. The lowest BCUT2D eigenvalue weighted by atomic mass is 10.00. The van der Waals surface area contributed by atoms with Gasteiger partial charge >= 0.3 is 0 Å². The van der Waals surface area contributed by atoms with Gasteiger partial charge in [0.25, 0.3) is 0 Å². The molecule has 2 aromatic heterocycles. The van der Waals surface area contributed by atoms with Crippen molar-refractivity contribution in [1.82, 2.24) is 15.1 Å². The van der Waals surface area contributed by atoms with Gasteiger partial charge in [-0.15, -0.1) is 0 Å². The number of hydrogen-bond acceptors (Lipinski definition) is 6. The molecule has 0 amide bonds. The monoisotopic (exact) mass is 370 g/mol. The molecule has 2 aromatic carbocycles. The van der Waals surface area contributed by atoms with Crippen molar-refractivity contribution in [1.29, 1.82) is 0 Å². The number of nitrogens with two attached hydrogens (primary N) is 1. The Morgan fingerprint density at radius 3 is 2.68 bits per heavy atom. The summed E-state index contributed by atoms with van der Waals surface area (Å²) in [4.78, 5) is 8.28. The van der Waals surface area contributed by atoms with Crippen LogP contribution in [0.1, 0.15) is 23.9 Å². The zero-order valence-electron chi connectivity index (χ0n) is 15.5. The van der Waals surface area contributed by atoms with Crippen LogP contribution in [0.4, 0.5) is 5.82 Å². The Balaban J connectivity index is 1.69. The highest BCUT2D eigenvalue weighted by atomic mass is 16.5. The molecule has 2 heterocycles. The van der Waals surface area contributed by atoms with Gasteiger partial charge in [-0.25, -0.2) is 9.97 Å². The Labute approximate surface area is 162 Å². The number of anilines is 1. The maximum atomic E-state index is 10.6. The van der Waals surface area contributed by atoms with Crippen LogP contribution < -0.4 is 5.73 Å². The van der Waals surface area contributed by atoms with Crippen molar-refractivity contribution < 1.29 is 9.63 Å². The van der Waals surface area contributed by atoms with Gasteiger partial charge in [0.15, 0.2) is 5.60 Å². The number of hydrogen-bond donors (Lipinski definition) is 2. The van der Waals surface area contributed by atoms with E-state index >= 15 is 0 Å². The van der Waals surface area contributed by atoms with Gasteiger partial charge in [-0.1, -0.05) is 35.2 Å². The molecule has 4 rings (SSSR count). The Kier molecular flexibility index (Phi) is 4.30. The molecule has 28 heavy (non-hydrogen) atoms. The van der Waals surface area contributed by atoms with E-state index in [0.717, 1.165) is 27.6 Å². The molecule has 1 atom stereocenters. The fourth-order valence-corrected chi connectivity index (χ4v) is 2.89. The van der Waals surface area contributed by atoms with Crippen molar-refractivity contribution in [2.45, 2.75) is 19.4 Å². The van der Waals surface area contributed by atoms with Crippen LogP contribution in [-0.4, -0.2) is 20.2 Å². The van der Waals surface area contributed by atoms with Gasteiger partial charge in [0.2, 0.25) is 0 Å². The van der Waals surface area contributed by atoms with E-state index in [-0.39, 0.29) is 0 Å². The quantitative estimate of drug-likeness (QED) is 0.525. The molecule has 6 nitrogen and oxygen atoms in total. The lowest BCUT2D eigenvalue weighted by molar-refractivity contribution is 0.112. The summed E-state index contributed by atoms with van der Waals surface area (Å²) in [6.45, 7) is 3.36. The van der Waals surface area contributed by atoms with E-state index in [4.69, 9.17) is 10.3 Å². The molecule has 0 unspecified atom stereocenters. The predicted octanol–water partition coefficient (Wildman–Crippen LogP) is 3.43. The van der Waals surface area contributed by atoms with Gasteiger partial charge in [-0.05, 0) is 49.2 Å². The topological polar surface area (TPSA) is 98.1 Å². The van der Waals surface area contributed by atoms with Gasteiger partial charge in [0.1, 0.15) is 23.6 Å². The number of aliphatic hydroxyl groups is 1. The maximum absolute atomic E-state index is 10.6. The maximum Gasteiger partial charge on any atom is 0.168 e. The van der Waals surface area contributed by atoms with Gasteiger partial charge in [0, 0.05) is 17.0 Å². The third kappa shape index (κ3) is 3.43. The summed E-state index contributed by atoms with van der Waals surface area (Å²) in [7, 11) is 0. The second-order valence-corrected chi connectivity index (χ2v) is 6.72. The van der Waals surface area contributed by atoms with Crippen LogP contribution in [0.5, 0.6) is 0 Å². The van der Waals surface area contributed by atoms with Crippen LogP contribution in [0.3, 0.4) is 0 Å². The van der Waals surface area contributed by atoms with Crippen LogP contribution in [-0.2, 0) is 5.60 Å². The molecule has 0 saturated carbocycles. The summed E-state index contributed by atoms with van der Waals surface area (Å²) in [6.07, 6.45) is 1.45. The first-order valence-electron chi connectivity index (χ1n) is 8.72. The molecular weight excluding hydrogens is 352 g/mol. The standard InChI is InChI=1S/C22H18N4O2/c1-14-10-20(26-28-14)22(2,27)9-8-15-4-3-5-16(11-15)17-6-7-19-18(12-17)21(23)25-13-24-19/h3-7,10-13,27H,1-2H3,(H2,23,24,25)/t22-/m1/s1. The smallest absolute Gasteiger partial charge is 0.168 e. The van der Waals surface area contributed by atoms with Crippen molar-refractivity contribution in [2.24, 2.45) is 0 Å². The average molecular weight is 370 g/mol. The van der Waals surface area contributed by atoms with Crippen molar-refractivity contribution in [3.05, 3.63) is 71.9 Å². The highest BCUT2D eigenvalue weighted by molar-refractivity contribution is 5.91. The summed E-state index contributed by atoms with van der Waals surface area (Å²) in [6, 6.07) is 15.3. The molecule has 6 heteroatoms. The molecule has 0 saturated heterocycles. The zero-order valence-corrected chi connectivity index (χ0v) is 15.5. The number of fused-ring (bicyclic) bond motifs is 1. The first kappa shape index (κ1) is 17.7. The fourth-order valence-electron chi connectivity index (χ4n) is 2.89. The van der Waals surface area contributed by atoms with Crippen LogP contribution in [0, 0.1) is 18.8 Å². The molecule has 4 aromatic rings. The number of nitrogen functional groups attached to an aromatic ring is 1. The second kappa shape index (κ2) is 6.80. The van der Waals surface area contributed by atoms with Crippen molar-refractivity contribution in [2.75, 3.05) is 5.73 Å². The van der Waals surface area contributed by atoms with E-state index in [1.807, 2.05) is 42.5 Å². The number of benzene rings is 2. The molecule has 138 valence electrons. The van der Waals surface area contributed by atoms with Gasteiger partial charge in [0.05, 0.1) is 5.52 Å².